The number of thiophene rings is 1. The zero-order chi connectivity index (χ0) is 13.2. The molecule has 2 atom stereocenters. The van der Waals surface area contributed by atoms with Gasteiger partial charge in [-0.2, -0.15) is 11.8 Å². The van der Waals surface area contributed by atoms with Crippen LogP contribution in [0.5, 0.6) is 0 Å². The van der Waals surface area contributed by atoms with Gasteiger partial charge in [-0.15, -0.1) is 11.3 Å². The van der Waals surface area contributed by atoms with Crippen LogP contribution in [0.4, 0.5) is 0 Å². The molecule has 3 rings (SSSR count). The third-order valence-corrected chi connectivity index (χ3v) is 6.39. The molecule has 1 aromatic heterocycles. The summed E-state index contributed by atoms with van der Waals surface area (Å²) in [4.78, 5) is 16.0. The molecule has 1 aromatic rings. The fourth-order valence-corrected chi connectivity index (χ4v) is 5.28. The van der Waals surface area contributed by atoms with Crippen LogP contribution in [0.3, 0.4) is 0 Å². The molecule has 0 spiro atoms. The average Bonchev–Trinajstić information content (AvgIpc) is 3.04. The number of rotatable bonds is 3. The Kier molecular flexibility index (Phi) is 4.15. The van der Waals surface area contributed by atoms with Crippen LogP contribution < -0.4 is 5.32 Å². The van der Waals surface area contributed by atoms with E-state index in [2.05, 4.69) is 21.7 Å². The van der Waals surface area contributed by atoms with Crippen molar-refractivity contribution in [2.24, 2.45) is 0 Å². The summed E-state index contributed by atoms with van der Waals surface area (Å²) in [5.41, 5.74) is 1.35. The number of carbonyl (C=O) groups excluding carboxylic acids is 1. The molecular formula is C14H20N2OS2. The van der Waals surface area contributed by atoms with Crippen molar-refractivity contribution in [3.8, 4) is 0 Å². The van der Waals surface area contributed by atoms with E-state index in [0.717, 1.165) is 19.5 Å². The lowest BCUT2D eigenvalue weighted by Crippen LogP contribution is -2.41. The van der Waals surface area contributed by atoms with Crippen LogP contribution >= 0.6 is 23.1 Å². The van der Waals surface area contributed by atoms with E-state index in [1.807, 2.05) is 18.8 Å². The molecule has 0 saturated carbocycles. The van der Waals surface area contributed by atoms with E-state index in [4.69, 9.17) is 0 Å². The summed E-state index contributed by atoms with van der Waals surface area (Å²) in [6.45, 7) is 1.80. The fraction of sp³-hybridized carbons (Fsp3) is 0.643. The number of likely N-dealkylation sites (N-methyl/N-ethyl adjacent to an activating group) is 1. The number of fused-ring (bicyclic) bond motifs is 1. The predicted molar refractivity (Wildman–Crippen MR) is 81.9 cm³/mol. The van der Waals surface area contributed by atoms with Gasteiger partial charge in [-0.3, -0.25) is 4.79 Å². The van der Waals surface area contributed by atoms with Crippen LogP contribution in [0, 0.1) is 0 Å². The highest BCUT2D eigenvalue weighted by atomic mass is 32.2. The highest BCUT2D eigenvalue weighted by Crippen LogP contribution is 2.32. The second-order valence-electron chi connectivity index (χ2n) is 5.20. The number of hydrogen-bond donors (Lipinski definition) is 1. The molecule has 2 aliphatic rings. The van der Waals surface area contributed by atoms with Gasteiger partial charge in [0.1, 0.15) is 6.04 Å². The zero-order valence-electron chi connectivity index (χ0n) is 11.2. The number of hydrogen-bond acceptors (Lipinski definition) is 4. The van der Waals surface area contributed by atoms with Crippen molar-refractivity contribution >= 4 is 29.0 Å². The van der Waals surface area contributed by atoms with Gasteiger partial charge in [-0.05, 0) is 49.1 Å². The molecule has 1 amide bonds. The van der Waals surface area contributed by atoms with Crippen molar-refractivity contribution in [1.82, 2.24) is 10.2 Å². The maximum atomic E-state index is 12.7. The van der Waals surface area contributed by atoms with Crippen LogP contribution in [-0.4, -0.2) is 41.9 Å². The Morgan fingerprint density at radius 3 is 3.16 bits per heavy atom. The average molecular weight is 296 g/mol. The number of nitrogens with zero attached hydrogens (tertiary/aromatic N) is 1. The zero-order valence-corrected chi connectivity index (χ0v) is 12.9. The van der Waals surface area contributed by atoms with Crippen molar-refractivity contribution in [3.63, 3.8) is 0 Å². The minimum absolute atomic E-state index is 0.135. The smallest absolute Gasteiger partial charge is 0.245 e. The molecule has 104 valence electrons. The first kappa shape index (κ1) is 13.5. The van der Waals surface area contributed by atoms with Crippen molar-refractivity contribution in [2.45, 2.75) is 30.6 Å². The Morgan fingerprint density at radius 1 is 1.53 bits per heavy atom. The van der Waals surface area contributed by atoms with Crippen LogP contribution in [0.15, 0.2) is 11.4 Å². The van der Waals surface area contributed by atoms with Crippen molar-refractivity contribution in [1.29, 1.82) is 0 Å². The SMILES string of the molecule is CNC1C(=O)N(CC2CCCS2)CCc2ccsc21. The van der Waals surface area contributed by atoms with E-state index < -0.39 is 0 Å². The van der Waals surface area contributed by atoms with E-state index in [9.17, 15) is 4.79 Å². The standard InChI is InChI=1S/C14H20N2OS2/c1-15-12-13-10(5-8-19-13)4-6-16(14(12)17)9-11-3-2-7-18-11/h5,8,11-12,15H,2-4,6-7,9H2,1H3. The molecule has 19 heavy (non-hydrogen) atoms. The number of carbonyl (C=O) groups is 1. The Morgan fingerprint density at radius 2 is 2.42 bits per heavy atom. The largest absolute Gasteiger partial charge is 0.340 e. The monoisotopic (exact) mass is 296 g/mol. The van der Waals surface area contributed by atoms with Gasteiger partial charge in [-0.1, -0.05) is 0 Å². The normalized spacial score (nSPS) is 27.4. The summed E-state index contributed by atoms with van der Waals surface area (Å²) in [6.07, 6.45) is 3.57. The Balaban J connectivity index is 1.77. The van der Waals surface area contributed by atoms with Crippen molar-refractivity contribution < 1.29 is 4.79 Å². The van der Waals surface area contributed by atoms with E-state index in [1.165, 1.54) is 29.0 Å². The van der Waals surface area contributed by atoms with Gasteiger partial charge >= 0.3 is 0 Å². The van der Waals surface area contributed by atoms with Gasteiger partial charge in [0, 0.05) is 23.2 Å². The van der Waals surface area contributed by atoms with Gasteiger partial charge in [0.25, 0.3) is 0 Å². The summed E-state index contributed by atoms with van der Waals surface area (Å²) in [7, 11) is 1.89. The van der Waals surface area contributed by atoms with Crippen molar-refractivity contribution in [2.75, 3.05) is 25.9 Å². The topological polar surface area (TPSA) is 32.3 Å². The molecule has 2 aliphatic heterocycles. The second-order valence-corrected chi connectivity index (χ2v) is 7.56. The lowest BCUT2D eigenvalue weighted by atomic mass is 10.1. The minimum atomic E-state index is -0.135. The molecule has 0 radical (unpaired) electrons. The first-order valence-corrected chi connectivity index (χ1v) is 8.86. The highest BCUT2D eigenvalue weighted by molar-refractivity contribution is 8.00. The molecule has 0 aliphatic carbocycles. The van der Waals surface area contributed by atoms with Gasteiger partial charge in [-0.25, -0.2) is 0 Å². The third kappa shape index (κ3) is 2.69. The summed E-state index contributed by atoms with van der Waals surface area (Å²) >= 11 is 3.73. The maximum absolute atomic E-state index is 12.7. The molecule has 1 saturated heterocycles. The molecule has 5 heteroatoms. The Bertz CT molecular complexity index is 454. The quantitative estimate of drug-likeness (QED) is 0.929. The van der Waals surface area contributed by atoms with E-state index >= 15 is 0 Å². The Hall–Kier alpha value is -0.520. The van der Waals surface area contributed by atoms with Crippen LogP contribution in [0.1, 0.15) is 29.3 Å². The van der Waals surface area contributed by atoms with Crippen molar-refractivity contribution in [3.05, 3.63) is 21.9 Å². The summed E-state index contributed by atoms with van der Waals surface area (Å²) < 4.78 is 0. The molecule has 3 heterocycles. The lowest BCUT2D eigenvalue weighted by molar-refractivity contribution is -0.133. The van der Waals surface area contributed by atoms with Crippen LogP contribution in [-0.2, 0) is 11.2 Å². The lowest BCUT2D eigenvalue weighted by Gasteiger charge is -2.26. The van der Waals surface area contributed by atoms with E-state index in [-0.39, 0.29) is 11.9 Å². The predicted octanol–water partition coefficient (Wildman–Crippen LogP) is 2.29. The summed E-state index contributed by atoms with van der Waals surface area (Å²) in [5.74, 6) is 1.52. The van der Waals surface area contributed by atoms with Gasteiger partial charge in [0.15, 0.2) is 0 Å². The van der Waals surface area contributed by atoms with Gasteiger partial charge in [0.2, 0.25) is 5.91 Å². The molecule has 2 unspecified atom stereocenters. The first-order valence-electron chi connectivity index (χ1n) is 6.93. The Labute approximate surface area is 122 Å². The maximum Gasteiger partial charge on any atom is 0.245 e. The van der Waals surface area contributed by atoms with E-state index in [1.54, 1.807) is 11.3 Å². The molecule has 3 nitrogen and oxygen atoms in total. The number of amides is 1. The molecule has 1 fully saturated rings. The molecule has 0 bridgehead atoms. The van der Waals surface area contributed by atoms with Crippen LogP contribution in [0.25, 0.3) is 0 Å². The molecule has 0 aromatic carbocycles. The van der Waals surface area contributed by atoms with Gasteiger partial charge in [0.05, 0.1) is 0 Å². The van der Waals surface area contributed by atoms with Gasteiger partial charge < -0.3 is 10.2 Å². The minimum Gasteiger partial charge on any atom is -0.340 e. The number of thioether (sulfide) groups is 1. The molecular weight excluding hydrogens is 276 g/mol. The fourth-order valence-electron chi connectivity index (χ4n) is 2.94. The first-order chi connectivity index (χ1) is 9.29. The van der Waals surface area contributed by atoms with E-state index in [0.29, 0.717) is 5.25 Å². The summed E-state index contributed by atoms with van der Waals surface area (Å²) in [5, 5.41) is 5.96. The third-order valence-electron chi connectivity index (χ3n) is 3.99. The van der Waals surface area contributed by atoms with Crippen LogP contribution in [0.2, 0.25) is 0 Å². The number of nitrogens with one attached hydrogen (secondary N) is 1. The molecule has 1 N–H and O–H groups in total. The highest BCUT2D eigenvalue weighted by Gasteiger charge is 2.32. The summed E-state index contributed by atoms with van der Waals surface area (Å²) in [6, 6.07) is 2.04. The second kappa shape index (κ2) is 5.85.